The fraction of sp³-hybridized carbons (Fsp3) is 0.346. The summed E-state index contributed by atoms with van der Waals surface area (Å²) in [6.45, 7) is 8.25. The number of anilines is 1. The van der Waals surface area contributed by atoms with Gasteiger partial charge in [0.05, 0.1) is 19.4 Å². The van der Waals surface area contributed by atoms with Gasteiger partial charge in [0.15, 0.2) is 17.4 Å². The first-order valence-electron chi connectivity index (χ1n) is 11.4. The fourth-order valence-corrected chi connectivity index (χ4v) is 5.31. The molecule has 2 fully saturated rings. The third-order valence-electron chi connectivity index (χ3n) is 7.13. The molecule has 0 bridgehead atoms. The van der Waals surface area contributed by atoms with Crippen LogP contribution in [0, 0.1) is 29.4 Å². The molecule has 0 unspecified atom stereocenters. The molecule has 2 aromatic carbocycles. The molecule has 6 nitrogen and oxygen atoms in total. The zero-order valence-corrected chi connectivity index (χ0v) is 19.2. The molecule has 5 rings (SSSR count). The van der Waals surface area contributed by atoms with Crippen LogP contribution in [0.1, 0.15) is 32.1 Å². The molecule has 1 saturated heterocycles. The number of hydrogen-bond donors (Lipinski definition) is 0. The summed E-state index contributed by atoms with van der Waals surface area (Å²) < 4.78 is 50.4. The van der Waals surface area contributed by atoms with E-state index in [1.54, 1.807) is 4.90 Å². The van der Waals surface area contributed by atoms with Crippen LogP contribution in [0.2, 0.25) is 0 Å². The molecule has 180 valence electrons. The Balaban J connectivity index is 1.70. The zero-order chi connectivity index (χ0) is 24.7. The van der Waals surface area contributed by atoms with E-state index in [4.69, 9.17) is 11.3 Å². The van der Waals surface area contributed by atoms with E-state index in [1.165, 1.54) is 31.4 Å². The Bertz CT molecular complexity index is 1410. The van der Waals surface area contributed by atoms with Crippen molar-refractivity contribution in [3.8, 4) is 22.8 Å². The molecule has 2 heterocycles. The Hall–Kier alpha value is -3.80. The molecular formula is C26H23F3N4O2. The van der Waals surface area contributed by atoms with Crippen molar-refractivity contribution in [3.63, 3.8) is 0 Å². The number of halogens is 3. The Morgan fingerprint density at radius 1 is 1.06 bits per heavy atom. The lowest BCUT2D eigenvalue weighted by molar-refractivity contribution is 0.340. The van der Waals surface area contributed by atoms with Crippen LogP contribution in [0.25, 0.3) is 21.9 Å². The first kappa shape index (κ1) is 23.0. The van der Waals surface area contributed by atoms with Gasteiger partial charge in [0, 0.05) is 24.7 Å². The number of benzene rings is 2. The maximum atomic E-state index is 15.5. The second-order valence-electron chi connectivity index (χ2n) is 9.19. The number of aromatic nitrogens is 2. The van der Waals surface area contributed by atoms with Crippen molar-refractivity contribution in [1.82, 2.24) is 9.55 Å². The summed E-state index contributed by atoms with van der Waals surface area (Å²) in [4.78, 5) is 22.8. The summed E-state index contributed by atoms with van der Waals surface area (Å²) >= 11 is 0. The highest BCUT2D eigenvalue weighted by atomic mass is 19.1. The Kier molecular flexibility index (Phi) is 5.75. The van der Waals surface area contributed by atoms with E-state index >= 15 is 4.39 Å². The smallest absolute Gasteiger partial charge is 0.296 e. The van der Waals surface area contributed by atoms with E-state index in [-0.39, 0.29) is 39.7 Å². The minimum atomic E-state index is -1.04. The van der Waals surface area contributed by atoms with E-state index in [0.717, 1.165) is 48.8 Å². The molecule has 1 aliphatic carbocycles. The second kappa shape index (κ2) is 8.77. The topological polar surface area (TPSA) is 51.7 Å². The molecule has 3 aromatic rings. The van der Waals surface area contributed by atoms with E-state index in [0.29, 0.717) is 13.1 Å². The van der Waals surface area contributed by atoms with Crippen molar-refractivity contribution in [3.05, 3.63) is 75.6 Å². The lowest BCUT2D eigenvalue weighted by Crippen LogP contribution is -2.32. The summed E-state index contributed by atoms with van der Waals surface area (Å²) in [5.74, 6) is -2.76. The van der Waals surface area contributed by atoms with Crippen molar-refractivity contribution in [2.45, 2.75) is 32.1 Å². The van der Waals surface area contributed by atoms with E-state index in [9.17, 15) is 13.6 Å². The summed E-state index contributed by atoms with van der Waals surface area (Å²) in [5.41, 5.74) is -0.922. The van der Waals surface area contributed by atoms with Crippen LogP contribution >= 0.6 is 0 Å². The quantitative estimate of drug-likeness (QED) is 0.453. The Morgan fingerprint density at radius 3 is 2.49 bits per heavy atom. The molecule has 2 aliphatic rings. The SMILES string of the molecule is [C-]#[N+]c1ccc(-c2nc(N3CCC4(CCCC4)C3)c(F)c(=O)n2-c2ccc(OC)c(F)c2)cc1F. The molecule has 0 atom stereocenters. The summed E-state index contributed by atoms with van der Waals surface area (Å²) in [7, 11) is 1.31. The zero-order valence-electron chi connectivity index (χ0n) is 19.2. The van der Waals surface area contributed by atoms with Crippen molar-refractivity contribution < 1.29 is 17.9 Å². The number of hydrogen-bond acceptors (Lipinski definition) is 4. The molecule has 1 saturated carbocycles. The van der Waals surface area contributed by atoms with Crippen LogP contribution in [0.3, 0.4) is 0 Å². The minimum Gasteiger partial charge on any atom is -0.494 e. The number of methoxy groups -OCH3 is 1. The molecule has 9 heteroatoms. The monoisotopic (exact) mass is 480 g/mol. The fourth-order valence-electron chi connectivity index (χ4n) is 5.31. The molecule has 0 N–H and O–H groups in total. The van der Waals surface area contributed by atoms with Crippen molar-refractivity contribution in [2.24, 2.45) is 5.41 Å². The van der Waals surface area contributed by atoms with Gasteiger partial charge < -0.3 is 9.64 Å². The molecule has 0 radical (unpaired) electrons. The van der Waals surface area contributed by atoms with Gasteiger partial charge in [-0.2, -0.15) is 4.39 Å². The third kappa shape index (κ3) is 3.93. The largest absolute Gasteiger partial charge is 0.494 e. The molecule has 1 aromatic heterocycles. The molecule has 35 heavy (non-hydrogen) atoms. The average molecular weight is 480 g/mol. The lowest BCUT2D eigenvalue weighted by Gasteiger charge is -2.25. The highest BCUT2D eigenvalue weighted by Crippen LogP contribution is 2.46. The number of nitrogens with zero attached hydrogens (tertiary/aromatic N) is 4. The van der Waals surface area contributed by atoms with Crippen molar-refractivity contribution in [1.29, 1.82) is 0 Å². The predicted octanol–water partition coefficient (Wildman–Crippen LogP) is 5.65. The van der Waals surface area contributed by atoms with Gasteiger partial charge in [-0.05, 0) is 42.9 Å². The molecular weight excluding hydrogens is 457 g/mol. The average Bonchev–Trinajstić information content (AvgIpc) is 3.50. The first-order chi connectivity index (χ1) is 16.9. The van der Waals surface area contributed by atoms with Gasteiger partial charge in [-0.25, -0.2) is 18.6 Å². The van der Waals surface area contributed by atoms with Crippen LogP contribution in [0.4, 0.5) is 24.7 Å². The van der Waals surface area contributed by atoms with Crippen LogP contribution in [-0.2, 0) is 0 Å². The van der Waals surface area contributed by atoms with E-state index in [1.807, 2.05) is 0 Å². The first-order valence-corrected chi connectivity index (χ1v) is 11.4. The molecule has 1 aliphatic heterocycles. The van der Waals surface area contributed by atoms with E-state index < -0.39 is 23.0 Å². The van der Waals surface area contributed by atoms with Gasteiger partial charge in [0.2, 0.25) is 11.5 Å². The normalized spacial score (nSPS) is 16.6. The highest BCUT2D eigenvalue weighted by molar-refractivity contribution is 5.65. The lowest BCUT2D eigenvalue weighted by atomic mass is 9.86. The predicted molar refractivity (Wildman–Crippen MR) is 126 cm³/mol. The van der Waals surface area contributed by atoms with Gasteiger partial charge in [-0.1, -0.05) is 25.0 Å². The van der Waals surface area contributed by atoms with Gasteiger partial charge in [-0.3, -0.25) is 9.36 Å². The second-order valence-corrected chi connectivity index (χ2v) is 9.19. The maximum Gasteiger partial charge on any atom is 0.296 e. The van der Waals surface area contributed by atoms with Gasteiger partial charge in [0.25, 0.3) is 5.56 Å². The number of ether oxygens (including phenoxy) is 1. The Morgan fingerprint density at radius 2 is 1.83 bits per heavy atom. The van der Waals surface area contributed by atoms with Crippen molar-refractivity contribution >= 4 is 11.5 Å². The van der Waals surface area contributed by atoms with Gasteiger partial charge in [0.1, 0.15) is 11.6 Å². The third-order valence-corrected chi connectivity index (χ3v) is 7.13. The summed E-state index contributed by atoms with van der Waals surface area (Å²) in [6.07, 6.45) is 5.27. The van der Waals surface area contributed by atoms with Crippen LogP contribution in [0.15, 0.2) is 41.2 Å². The Labute approximate surface area is 200 Å². The van der Waals surface area contributed by atoms with Gasteiger partial charge >= 0.3 is 0 Å². The summed E-state index contributed by atoms with van der Waals surface area (Å²) in [6, 6.07) is 7.56. The van der Waals surface area contributed by atoms with Crippen LogP contribution in [0.5, 0.6) is 5.75 Å². The minimum absolute atomic E-state index is 0.0181. The maximum absolute atomic E-state index is 15.5. The van der Waals surface area contributed by atoms with Crippen LogP contribution < -0.4 is 15.2 Å². The van der Waals surface area contributed by atoms with Crippen molar-refractivity contribution in [2.75, 3.05) is 25.1 Å². The van der Waals surface area contributed by atoms with E-state index in [2.05, 4.69) is 9.83 Å². The molecule has 1 spiro atoms. The standard InChI is InChI=1S/C26H23F3N4O2/c1-30-20-7-5-16(13-18(20)27)23-31-24(32-12-11-26(15-32)9-3-4-10-26)22(29)25(34)33(23)17-6-8-21(35-2)19(28)14-17/h5-8,13-14H,3-4,9-12,15H2,2H3. The molecule has 0 amide bonds. The highest BCUT2D eigenvalue weighted by Gasteiger charge is 2.41. The van der Waals surface area contributed by atoms with Gasteiger partial charge in [-0.15, -0.1) is 0 Å². The summed E-state index contributed by atoms with van der Waals surface area (Å²) in [5, 5.41) is 0. The number of rotatable bonds is 4. The van der Waals surface area contributed by atoms with Crippen LogP contribution in [-0.4, -0.2) is 29.8 Å².